The van der Waals surface area contributed by atoms with E-state index in [0.717, 1.165) is 11.1 Å². The SMILES string of the molecule is C=CC[C@@]1(C)C[C@H](c2cccc(Cl)c2)[C@@H](c2ccc(Cl)cc2)N([C@@H](CC)c2cccc(C(=O)OCC)n2)C1=O. The van der Waals surface area contributed by atoms with Crippen LogP contribution in [0.25, 0.3) is 0 Å². The third-order valence-corrected chi connectivity index (χ3v) is 7.99. The molecule has 4 rings (SSSR count). The van der Waals surface area contributed by atoms with Crippen LogP contribution in [0, 0.1) is 5.41 Å². The van der Waals surface area contributed by atoms with Crippen molar-refractivity contribution in [3.63, 3.8) is 0 Å². The maximum absolute atomic E-state index is 14.5. The topological polar surface area (TPSA) is 59.5 Å². The molecule has 5 nitrogen and oxygen atoms in total. The minimum Gasteiger partial charge on any atom is -0.461 e. The molecule has 1 saturated heterocycles. The van der Waals surface area contributed by atoms with E-state index in [1.54, 1.807) is 19.1 Å². The minimum absolute atomic E-state index is 0.0239. The van der Waals surface area contributed by atoms with Crippen LogP contribution in [0.1, 0.15) is 85.3 Å². The van der Waals surface area contributed by atoms with Gasteiger partial charge >= 0.3 is 5.97 Å². The molecule has 4 atom stereocenters. The maximum Gasteiger partial charge on any atom is 0.356 e. The van der Waals surface area contributed by atoms with Crippen LogP contribution in [0.5, 0.6) is 0 Å². The zero-order chi connectivity index (χ0) is 28.2. The highest BCUT2D eigenvalue weighted by molar-refractivity contribution is 6.30. The number of pyridine rings is 1. The van der Waals surface area contributed by atoms with Crippen molar-refractivity contribution in [2.75, 3.05) is 6.61 Å². The molecule has 0 unspecified atom stereocenters. The molecule has 1 aliphatic heterocycles. The summed E-state index contributed by atoms with van der Waals surface area (Å²) < 4.78 is 5.20. The van der Waals surface area contributed by atoms with Gasteiger partial charge in [0.2, 0.25) is 5.91 Å². The predicted molar refractivity (Wildman–Crippen MR) is 156 cm³/mol. The standard InChI is InChI=1S/C32H34Cl2N2O3/c1-5-18-32(4)20-25(22-10-8-11-24(34)19-22)29(21-14-16-23(33)17-15-21)36(31(32)38)28(6-2)26-12-9-13-27(35-26)30(37)39-7-3/h5,8-17,19,25,28-29H,1,6-7,18,20H2,2-4H3/t25-,28+,29-,32+/m1/s1. The molecular formula is C32H34Cl2N2O3. The van der Waals surface area contributed by atoms with Crippen LogP contribution < -0.4 is 0 Å². The Bertz CT molecular complexity index is 1340. The number of carbonyl (C=O) groups excluding carboxylic acids is 2. The number of likely N-dealkylation sites (tertiary alicyclic amines) is 1. The Morgan fingerprint density at radius 2 is 1.82 bits per heavy atom. The largest absolute Gasteiger partial charge is 0.461 e. The second kappa shape index (κ2) is 12.4. The summed E-state index contributed by atoms with van der Waals surface area (Å²) >= 11 is 12.7. The van der Waals surface area contributed by atoms with E-state index < -0.39 is 17.4 Å². The molecule has 0 bridgehead atoms. The maximum atomic E-state index is 14.5. The van der Waals surface area contributed by atoms with Gasteiger partial charge in [-0.25, -0.2) is 9.78 Å². The average molecular weight is 566 g/mol. The summed E-state index contributed by atoms with van der Waals surface area (Å²) in [5, 5.41) is 1.27. The lowest BCUT2D eigenvalue weighted by atomic mass is 9.67. The number of amides is 1. The van der Waals surface area contributed by atoms with Gasteiger partial charge in [0.1, 0.15) is 5.69 Å². The van der Waals surface area contributed by atoms with E-state index in [4.69, 9.17) is 27.9 Å². The quantitative estimate of drug-likeness (QED) is 0.193. The second-order valence-electron chi connectivity index (χ2n) is 10.2. The number of nitrogens with zero attached hydrogens (tertiary/aromatic N) is 2. The van der Waals surface area contributed by atoms with Crippen LogP contribution in [-0.2, 0) is 9.53 Å². The first-order valence-corrected chi connectivity index (χ1v) is 14.1. The molecule has 1 aromatic heterocycles. The van der Waals surface area contributed by atoms with Gasteiger partial charge in [0.05, 0.1) is 29.8 Å². The first kappa shape index (κ1) is 28.8. The number of aromatic nitrogens is 1. The first-order valence-electron chi connectivity index (χ1n) is 13.3. The van der Waals surface area contributed by atoms with Crippen molar-refractivity contribution in [1.82, 2.24) is 9.88 Å². The highest BCUT2D eigenvalue weighted by Crippen LogP contribution is 2.54. The van der Waals surface area contributed by atoms with Gasteiger partial charge < -0.3 is 9.64 Å². The predicted octanol–water partition coefficient (Wildman–Crippen LogP) is 8.36. The monoisotopic (exact) mass is 564 g/mol. The Hall–Kier alpha value is -3.15. The summed E-state index contributed by atoms with van der Waals surface area (Å²) in [4.78, 5) is 33.7. The minimum atomic E-state index is -0.691. The summed E-state index contributed by atoms with van der Waals surface area (Å²) in [7, 11) is 0. The van der Waals surface area contributed by atoms with Crippen LogP contribution in [-0.4, -0.2) is 28.4 Å². The van der Waals surface area contributed by atoms with Gasteiger partial charge in [-0.05, 0) is 73.7 Å². The van der Waals surface area contributed by atoms with E-state index in [1.807, 2.05) is 73.4 Å². The van der Waals surface area contributed by atoms with Crippen molar-refractivity contribution >= 4 is 35.1 Å². The van der Waals surface area contributed by atoms with E-state index in [2.05, 4.69) is 17.6 Å². The number of esters is 1. The van der Waals surface area contributed by atoms with Gasteiger partial charge in [-0.2, -0.15) is 0 Å². The molecule has 2 aromatic carbocycles. The number of allylic oxidation sites excluding steroid dienone is 1. The van der Waals surface area contributed by atoms with Gasteiger partial charge in [0.25, 0.3) is 0 Å². The Balaban J connectivity index is 1.93. The zero-order valence-corrected chi connectivity index (χ0v) is 24.1. The molecule has 0 saturated carbocycles. The molecule has 39 heavy (non-hydrogen) atoms. The molecule has 0 spiro atoms. The van der Waals surface area contributed by atoms with E-state index in [9.17, 15) is 9.59 Å². The van der Waals surface area contributed by atoms with E-state index in [1.165, 1.54) is 0 Å². The van der Waals surface area contributed by atoms with Crippen molar-refractivity contribution in [2.45, 2.75) is 58.0 Å². The van der Waals surface area contributed by atoms with Crippen molar-refractivity contribution in [3.05, 3.63) is 112 Å². The lowest BCUT2D eigenvalue weighted by Crippen LogP contribution is -2.53. The number of ether oxygens (including phenoxy) is 1. The van der Waals surface area contributed by atoms with E-state index in [-0.39, 0.29) is 30.2 Å². The summed E-state index contributed by atoms with van der Waals surface area (Å²) in [6.07, 6.45) is 3.56. The molecule has 2 heterocycles. The molecule has 7 heteroatoms. The van der Waals surface area contributed by atoms with Gasteiger partial charge in [-0.1, -0.05) is 73.5 Å². The van der Waals surface area contributed by atoms with Crippen molar-refractivity contribution < 1.29 is 14.3 Å². The lowest BCUT2D eigenvalue weighted by Gasteiger charge is -2.52. The van der Waals surface area contributed by atoms with E-state index >= 15 is 0 Å². The van der Waals surface area contributed by atoms with Gasteiger partial charge in [0, 0.05) is 16.0 Å². The van der Waals surface area contributed by atoms with Crippen molar-refractivity contribution in [1.29, 1.82) is 0 Å². The number of piperidine rings is 1. The number of hydrogen-bond donors (Lipinski definition) is 0. The van der Waals surface area contributed by atoms with Gasteiger partial charge in [-0.3, -0.25) is 4.79 Å². The summed E-state index contributed by atoms with van der Waals surface area (Å²) in [5.74, 6) is -0.521. The molecular weight excluding hydrogens is 531 g/mol. The first-order chi connectivity index (χ1) is 18.7. The lowest BCUT2D eigenvalue weighted by molar-refractivity contribution is -0.155. The number of halogens is 2. The molecule has 0 aliphatic carbocycles. The second-order valence-corrected chi connectivity index (χ2v) is 11.1. The van der Waals surface area contributed by atoms with E-state index in [0.29, 0.717) is 35.0 Å². The number of carbonyl (C=O) groups is 2. The summed E-state index contributed by atoms with van der Waals surface area (Å²) in [6, 6.07) is 20.1. The molecule has 204 valence electrons. The fourth-order valence-corrected chi connectivity index (χ4v) is 6.06. The third kappa shape index (κ3) is 6.05. The number of benzene rings is 2. The van der Waals surface area contributed by atoms with Crippen molar-refractivity contribution in [3.8, 4) is 0 Å². The molecule has 0 N–H and O–H groups in total. The van der Waals surface area contributed by atoms with Crippen LogP contribution in [0.15, 0.2) is 79.4 Å². The van der Waals surface area contributed by atoms with Gasteiger partial charge in [0.15, 0.2) is 0 Å². The van der Waals surface area contributed by atoms with Crippen LogP contribution in [0.4, 0.5) is 0 Å². The molecule has 1 amide bonds. The average Bonchev–Trinajstić information content (AvgIpc) is 2.92. The van der Waals surface area contributed by atoms with Gasteiger partial charge in [-0.15, -0.1) is 6.58 Å². The molecule has 1 fully saturated rings. The Morgan fingerprint density at radius 1 is 1.10 bits per heavy atom. The Labute approximate surface area is 240 Å². The smallest absolute Gasteiger partial charge is 0.356 e. The highest BCUT2D eigenvalue weighted by atomic mass is 35.5. The van der Waals surface area contributed by atoms with Crippen LogP contribution in [0.3, 0.4) is 0 Å². The fourth-order valence-electron chi connectivity index (χ4n) is 5.74. The normalized spacial score (nSPS) is 21.9. The highest BCUT2D eigenvalue weighted by Gasteiger charge is 2.51. The molecule has 1 aliphatic rings. The zero-order valence-electron chi connectivity index (χ0n) is 22.6. The molecule has 3 aromatic rings. The number of hydrogen-bond acceptors (Lipinski definition) is 4. The Morgan fingerprint density at radius 3 is 2.46 bits per heavy atom. The van der Waals surface area contributed by atoms with Crippen LogP contribution >= 0.6 is 23.2 Å². The van der Waals surface area contributed by atoms with Crippen LogP contribution in [0.2, 0.25) is 10.0 Å². The van der Waals surface area contributed by atoms with Crippen molar-refractivity contribution in [2.24, 2.45) is 5.41 Å². The Kier molecular flexibility index (Phi) is 9.14. The number of rotatable bonds is 9. The fraction of sp³-hybridized carbons (Fsp3) is 0.344. The molecule has 0 radical (unpaired) electrons. The summed E-state index contributed by atoms with van der Waals surface area (Å²) in [5.41, 5.74) is 2.20. The summed E-state index contributed by atoms with van der Waals surface area (Å²) in [6.45, 7) is 10.0. The third-order valence-electron chi connectivity index (χ3n) is 7.50.